The SMILES string of the molecule is COCCc1nc2c(N)nc3c(c2n1CCCCC1(S(N)(=O)=O)C=CC=CC1)CCCC3. The van der Waals surface area contributed by atoms with Crippen LogP contribution in [0.5, 0.6) is 0 Å². The third-order valence-corrected chi connectivity index (χ3v) is 8.35. The molecule has 2 aromatic rings. The number of ether oxygens (including phenoxy) is 1. The number of unbranched alkanes of at least 4 members (excludes halogenated alkanes) is 1. The van der Waals surface area contributed by atoms with Crippen molar-refractivity contribution in [3.05, 3.63) is 41.4 Å². The molecule has 2 heterocycles. The Hall–Kier alpha value is -2.23. The Labute approximate surface area is 189 Å². The predicted molar refractivity (Wildman–Crippen MR) is 127 cm³/mol. The lowest BCUT2D eigenvalue weighted by molar-refractivity contribution is 0.199. The van der Waals surface area contributed by atoms with Crippen LogP contribution in [0.2, 0.25) is 0 Å². The molecule has 2 aliphatic rings. The minimum Gasteiger partial charge on any atom is -0.384 e. The molecule has 0 saturated carbocycles. The van der Waals surface area contributed by atoms with E-state index in [-0.39, 0.29) is 0 Å². The van der Waals surface area contributed by atoms with E-state index < -0.39 is 14.8 Å². The van der Waals surface area contributed by atoms with Gasteiger partial charge in [-0.25, -0.2) is 23.5 Å². The Morgan fingerprint density at radius 3 is 2.72 bits per heavy atom. The van der Waals surface area contributed by atoms with Crippen molar-refractivity contribution in [2.45, 2.75) is 69.1 Å². The number of sulfonamides is 1. The third kappa shape index (κ3) is 4.33. The molecule has 174 valence electrons. The van der Waals surface area contributed by atoms with Gasteiger partial charge in [-0.05, 0) is 56.9 Å². The molecule has 4 rings (SSSR count). The van der Waals surface area contributed by atoms with Crippen LogP contribution in [0.25, 0.3) is 11.0 Å². The topological polar surface area (TPSA) is 126 Å². The summed E-state index contributed by atoms with van der Waals surface area (Å²) < 4.78 is 31.2. The van der Waals surface area contributed by atoms with Gasteiger partial charge in [0.15, 0.2) is 5.82 Å². The Kier molecular flexibility index (Phi) is 6.69. The van der Waals surface area contributed by atoms with Crippen LogP contribution in [-0.4, -0.2) is 41.4 Å². The summed E-state index contributed by atoms with van der Waals surface area (Å²) in [5, 5.41) is 5.61. The van der Waals surface area contributed by atoms with E-state index in [1.165, 1.54) is 5.56 Å². The predicted octanol–water partition coefficient (Wildman–Crippen LogP) is 2.79. The molecule has 0 aromatic carbocycles. The average molecular weight is 460 g/mol. The van der Waals surface area contributed by atoms with E-state index in [0.717, 1.165) is 67.6 Å². The molecule has 0 spiro atoms. The molecule has 2 aromatic heterocycles. The van der Waals surface area contributed by atoms with Crippen LogP contribution in [0.4, 0.5) is 5.82 Å². The van der Waals surface area contributed by atoms with Gasteiger partial charge in [0.1, 0.15) is 16.1 Å². The lowest BCUT2D eigenvalue weighted by atomic mass is 9.93. The van der Waals surface area contributed by atoms with Crippen LogP contribution in [0.1, 0.15) is 55.6 Å². The van der Waals surface area contributed by atoms with Crippen LogP contribution in [0, 0.1) is 0 Å². The van der Waals surface area contributed by atoms with E-state index in [2.05, 4.69) is 9.55 Å². The number of pyridine rings is 1. The first-order chi connectivity index (χ1) is 15.4. The summed E-state index contributed by atoms with van der Waals surface area (Å²) >= 11 is 0. The van der Waals surface area contributed by atoms with Crippen molar-refractivity contribution in [3.8, 4) is 0 Å². The Morgan fingerprint density at radius 2 is 2.00 bits per heavy atom. The van der Waals surface area contributed by atoms with Gasteiger partial charge in [0.2, 0.25) is 10.0 Å². The molecule has 1 atom stereocenters. The van der Waals surface area contributed by atoms with Crippen LogP contribution >= 0.6 is 0 Å². The largest absolute Gasteiger partial charge is 0.384 e. The van der Waals surface area contributed by atoms with Gasteiger partial charge < -0.3 is 15.0 Å². The lowest BCUT2D eigenvalue weighted by Gasteiger charge is -2.28. The number of anilines is 1. The van der Waals surface area contributed by atoms with Crippen molar-refractivity contribution < 1.29 is 13.2 Å². The highest BCUT2D eigenvalue weighted by Gasteiger charge is 2.38. The first-order valence-corrected chi connectivity index (χ1v) is 12.9. The summed E-state index contributed by atoms with van der Waals surface area (Å²) in [6.07, 6.45) is 14.6. The second-order valence-electron chi connectivity index (χ2n) is 8.81. The number of nitrogens with zero attached hydrogens (tertiary/aromatic N) is 3. The molecular formula is C23H33N5O3S. The maximum Gasteiger partial charge on any atom is 0.218 e. The Morgan fingerprint density at radius 1 is 1.19 bits per heavy atom. The zero-order valence-corrected chi connectivity index (χ0v) is 19.5. The van der Waals surface area contributed by atoms with Gasteiger partial charge in [0, 0.05) is 25.8 Å². The molecular weight excluding hydrogens is 426 g/mol. The van der Waals surface area contributed by atoms with Gasteiger partial charge in [-0.1, -0.05) is 24.3 Å². The molecule has 32 heavy (non-hydrogen) atoms. The fraction of sp³-hybridized carbons (Fsp3) is 0.565. The third-order valence-electron chi connectivity index (χ3n) is 6.71. The molecule has 0 radical (unpaired) electrons. The first-order valence-electron chi connectivity index (χ1n) is 11.4. The normalized spacial score (nSPS) is 20.7. The van der Waals surface area contributed by atoms with Crippen molar-refractivity contribution in [3.63, 3.8) is 0 Å². The van der Waals surface area contributed by atoms with Gasteiger partial charge in [0.05, 0.1) is 12.1 Å². The molecule has 9 heteroatoms. The molecule has 4 N–H and O–H groups in total. The van der Waals surface area contributed by atoms with Gasteiger partial charge in [-0.2, -0.15) is 0 Å². The first kappa shape index (κ1) is 22.9. The highest BCUT2D eigenvalue weighted by Crippen LogP contribution is 2.33. The van der Waals surface area contributed by atoms with E-state index in [1.54, 1.807) is 19.3 Å². The van der Waals surface area contributed by atoms with E-state index in [1.807, 2.05) is 12.2 Å². The number of nitrogen functional groups attached to an aromatic ring is 1. The number of fused-ring (bicyclic) bond motifs is 3. The van der Waals surface area contributed by atoms with Crippen molar-refractivity contribution >= 4 is 26.9 Å². The van der Waals surface area contributed by atoms with Crippen LogP contribution < -0.4 is 10.9 Å². The van der Waals surface area contributed by atoms with E-state index >= 15 is 0 Å². The number of aromatic nitrogens is 3. The number of nitrogens with two attached hydrogens (primary N) is 2. The molecule has 0 amide bonds. The molecule has 0 saturated heterocycles. The van der Waals surface area contributed by atoms with Crippen molar-refractivity contribution in [2.75, 3.05) is 19.5 Å². The highest BCUT2D eigenvalue weighted by atomic mass is 32.2. The zero-order chi connectivity index (χ0) is 22.8. The van der Waals surface area contributed by atoms with E-state index in [9.17, 15) is 8.42 Å². The zero-order valence-electron chi connectivity index (χ0n) is 18.7. The monoisotopic (exact) mass is 459 g/mol. The summed E-state index contributed by atoms with van der Waals surface area (Å²) in [6.45, 7) is 1.32. The van der Waals surface area contributed by atoms with E-state index in [0.29, 0.717) is 31.7 Å². The van der Waals surface area contributed by atoms with Crippen molar-refractivity contribution in [1.29, 1.82) is 0 Å². The van der Waals surface area contributed by atoms with Crippen molar-refractivity contribution in [1.82, 2.24) is 14.5 Å². The summed E-state index contributed by atoms with van der Waals surface area (Å²) in [5.74, 6) is 1.43. The van der Waals surface area contributed by atoms with Crippen LogP contribution in [0.3, 0.4) is 0 Å². The summed E-state index contributed by atoms with van der Waals surface area (Å²) in [5.41, 5.74) is 10.5. The lowest BCUT2D eigenvalue weighted by Crippen LogP contribution is -2.42. The minimum atomic E-state index is -3.69. The van der Waals surface area contributed by atoms with Gasteiger partial charge >= 0.3 is 0 Å². The number of imidazole rings is 1. The average Bonchev–Trinajstić information content (AvgIpc) is 3.14. The summed E-state index contributed by atoms with van der Waals surface area (Å²) in [6, 6.07) is 0. The van der Waals surface area contributed by atoms with Crippen LogP contribution in [-0.2, 0) is 40.6 Å². The number of rotatable bonds is 9. The van der Waals surface area contributed by atoms with Gasteiger partial charge in [0.25, 0.3) is 0 Å². The smallest absolute Gasteiger partial charge is 0.218 e. The minimum absolute atomic E-state index is 0.422. The Bertz CT molecular complexity index is 1150. The van der Waals surface area contributed by atoms with Gasteiger partial charge in [-0.3, -0.25) is 0 Å². The molecule has 2 aliphatic carbocycles. The molecule has 1 unspecified atom stereocenters. The van der Waals surface area contributed by atoms with Crippen LogP contribution in [0.15, 0.2) is 24.3 Å². The summed E-state index contributed by atoms with van der Waals surface area (Å²) in [4.78, 5) is 9.49. The number of hydrogen-bond donors (Lipinski definition) is 2. The molecule has 0 fully saturated rings. The van der Waals surface area contributed by atoms with E-state index in [4.69, 9.17) is 20.6 Å². The number of hydrogen-bond acceptors (Lipinski definition) is 6. The summed E-state index contributed by atoms with van der Waals surface area (Å²) in [7, 11) is -2.01. The Balaban J connectivity index is 1.60. The number of primary sulfonamides is 1. The molecule has 8 nitrogen and oxygen atoms in total. The standard InChI is InChI=1S/C23H33N5O3S/c1-31-16-11-19-27-20-21(17-9-3-4-10-18(17)26-22(20)24)28(19)15-8-7-14-23(32(25,29)30)12-5-2-6-13-23/h2,5-6,12H,3-4,7-11,13-16H2,1H3,(H2,24,26)(H2,25,29,30). The van der Waals surface area contributed by atoms with Crippen molar-refractivity contribution in [2.24, 2.45) is 5.14 Å². The number of methoxy groups -OCH3 is 1. The fourth-order valence-corrected chi connectivity index (χ4v) is 5.98. The second-order valence-corrected chi connectivity index (χ2v) is 10.7. The second kappa shape index (κ2) is 9.33. The number of allylic oxidation sites excluding steroid dienone is 3. The molecule has 0 bridgehead atoms. The fourth-order valence-electron chi connectivity index (χ4n) is 4.95. The number of aryl methyl sites for hydroxylation is 3. The maximum absolute atomic E-state index is 12.3. The van der Waals surface area contributed by atoms with Gasteiger partial charge in [-0.15, -0.1) is 0 Å². The highest BCUT2D eigenvalue weighted by molar-refractivity contribution is 7.90. The molecule has 0 aliphatic heterocycles. The quantitative estimate of drug-likeness (QED) is 0.555. The maximum atomic E-state index is 12.3.